The number of rotatable bonds is 5. The molecule has 0 fully saturated rings. The van der Waals surface area contributed by atoms with Crippen molar-refractivity contribution >= 4 is 34.0 Å². The molecule has 0 bridgehead atoms. The maximum Gasteiger partial charge on any atom is 0.256 e. The number of anilines is 2. The highest BCUT2D eigenvalue weighted by atomic mass is 16.2. The number of fused-ring (bicyclic) bond motifs is 1. The molecule has 0 saturated carbocycles. The van der Waals surface area contributed by atoms with Crippen LogP contribution in [0.4, 0.5) is 11.4 Å². The second-order valence-electron chi connectivity index (χ2n) is 7.14. The lowest BCUT2D eigenvalue weighted by atomic mass is 10.0. The van der Waals surface area contributed by atoms with Gasteiger partial charge in [0.15, 0.2) is 0 Å². The van der Waals surface area contributed by atoms with Crippen LogP contribution in [0.25, 0.3) is 10.8 Å². The molecular formula is C26H22N2O2. The Bertz CT molecular complexity index is 1180. The van der Waals surface area contributed by atoms with Crippen LogP contribution in [0.3, 0.4) is 0 Å². The number of amides is 2. The second kappa shape index (κ2) is 8.62. The van der Waals surface area contributed by atoms with Crippen LogP contribution < -0.4 is 10.2 Å². The average molecular weight is 394 g/mol. The largest absolute Gasteiger partial charge is 0.322 e. The Morgan fingerprint density at radius 2 is 1.43 bits per heavy atom. The molecule has 30 heavy (non-hydrogen) atoms. The van der Waals surface area contributed by atoms with Gasteiger partial charge in [0.2, 0.25) is 5.91 Å². The molecule has 0 aromatic heterocycles. The van der Waals surface area contributed by atoms with Crippen molar-refractivity contribution in [3.8, 4) is 0 Å². The fourth-order valence-corrected chi connectivity index (χ4v) is 3.42. The molecule has 0 aliphatic rings. The van der Waals surface area contributed by atoms with Gasteiger partial charge >= 0.3 is 0 Å². The zero-order valence-electron chi connectivity index (χ0n) is 16.7. The van der Waals surface area contributed by atoms with Crippen molar-refractivity contribution < 1.29 is 9.59 Å². The molecule has 0 aliphatic heterocycles. The van der Waals surface area contributed by atoms with E-state index in [1.165, 1.54) is 0 Å². The first-order valence-corrected chi connectivity index (χ1v) is 9.81. The van der Waals surface area contributed by atoms with Crippen LogP contribution >= 0.6 is 0 Å². The van der Waals surface area contributed by atoms with E-state index in [4.69, 9.17) is 0 Å². The molecule has 4 aromatic carbocycles. The molecule has 1 N–H and O–H groups in total. The topological polar surface area (TPSA) is 49.4 Å². The predicted molar refractivity (Wildman–Crippen MR) is 122 cm³/mol. The zero-order valence-corrected chi connectivity index (χ0v) is 16.7. The molecule has 0 heterocycles. The molecule has 4 rings (SSSR count). The van der Waals surface area contributed by atoms with Crippen LogP contribution in [0.5, 0.6) is 0 Å². The summed E-state index contributed by atoms with van der Waals surface area (Å²) < 4.78 is 0. The highest BCUT2D eigenvalue weighted by molar-refractivity contribution is 6.12. The highest BCUT2D eigenvalue weighted by Crippen LogP contribution is 2.20. The van der Waals surface area contributed by atoms with Crippen LogP contribution in [-0.4, -0.2) is 18.9 Å². The van der Waals surface area contributed by atoms with Gasteiger partial charge in [-0.15, -0.1) is 0 Å². The van der Waals surface area contributed by atoms with Gasteiger partial charge in [-0.25, -0.2) is 0 Å². The number of benzene rings is 4. The Kier molecular flexibility index (Phi) is 5.57. The first-order valence-electron chi connectivity index (χ1n) is 9.81. The van der Waals surface area contributed by atoms with Gasteiger partial charge in [0, 0.05) is 24.0 Å². The molecule has 4 heteroatoms. The number of likely N-dealkylation sites (N-methyl/N-ethyl adjacent to an activating group) is 1. The standard InChI is InChI=1S/C26H22N2O2/c1-28(22-10-3-2-4-11-22)25(29)18-19-14-16-21(17-15-19)27-26(30)24-13-7-9-20-8-5-6-12-23(20)24/h2-17H,18H2,1H3,(H,27,30). The van der Waals surface area contributed by atoms with Crippen molar-refractivity contribution in [2.24, 2.45) is 0 Å². The summed E-state index contributed by atoms with van der Waals surface area (Å²) in [6.07, 6.45) is 0.295. The summed E-state index contributed by atoms with van der Waals surface area (Å²) in [4.78, 5) is 27.0. The van der Waals surface area contributed by atoms with Crippen LogP contribution in [0.15, 0.2) is 97.1 Å². The number of hydrogen-bond acceptors (Lipinski definition) is 2. The van der Waals surface area contributed by atoms with Crippen molar-refractivity contribution in [3.63, 3.8) is 0 Å². The van der Waals surface area contributed by atoms with E-state index < -0.39 is 0 Å². The van der Waals surface area contributed by atoms with Crippen LogP contribution in [-0.2, 0) is 11.2 Å². The van der Waals surface area contributed by atoms with Gasteiger partial charge in [-0.2, -0.15) is 0 Å². The first-order chi connectivity index (χ1) is 14.6. The van der Waals surface area contributed by atoms with E-state index in [0.29, 0.717) is 17.7 Å². The van der Waals surface area contributed by atoms with Crippen molar-refractivity contribution in [2.75, 3.05) is 17.3 Å². The second-order valence-corrected chi connectivity index (χ2v) is 7.14. The van der Waals surface area contributed by atoms with E-state index in [1.54, 1.807) is 11.9 Å². The average Bonchev–Trinajstić information content (AvgIpc) is 2.80. The fourth-order valence-electron chi connectivity index (χ4n) is 3.42. The van der Waals surface area contributed by atoms with E-state index in [-0.39, 0.29) is 11.8 Å². The summed E-state index contributed by atoms with van der Waals surface area (Å²) in [5, 5.41) is 4.89. The first kappa shape index (κ1) is 19.4. The van der Waals surface area contributed by atoms with Crippen LogP contribution in [0, 0.1) is 0 Å². The van der Waals surface area contributed by atoms with Gasteiger partial charge in [-0.3, -0.25) is 9.59 Å². The van der Waals surface area contributed by atoms with Gasteiger partial charge < -0.3 is 10.2 Å². The van der Waals surface area contributed by atoms with Crippen LogP contribution in [0.2, 0.25) is 0 Å². The molecule has 4 nitrogen and oxygen atoms in total. The predicted octanol–water partition coefficient (Wildman–Crippen LogP) is 5.30. The summed E-state index contributed by atoms with van der Waals surface area (Å²) in [5.41, 5.74) is 3.09. The third kappa shape index (κ3) is 4.23. The Hall–Kier alpha value is -3.92. The molecule has 4 aromatic rings. The number of para-hydroxylation sites is 1. The number of carbonyl (C=O) groups is 2. The Morgan fingerprint density at radius 1 is 0.767 bits per heavy atom. The highest BCUT2D eigenvalue weighted by Gasteiger charge is 2.13. The number of carbonyl (C=O) groups excluding carboxylic acids is 2. The minimum atomic E-state index is -0.153. The van der Waals surface area contributed by atoms with Crippen molar-refractivity contribution in [1.82, 2.24) is 0 Å². The van der Waals surface area contributed by atoms with Crippen molar-refractivity contribution in [3.05, 3.63) is 108 Å². The smallest absolute Gasteiger partial charge is 0.256 e. The molecule has 148 valence electrons. The van der Waals surface area contributed by atoms with E-state index in [2.05, 4.69) is 5.32 Å². The van der Waals surface area contributed by atoms with Crippen LogP contribution in [0.1, 0.15) is 15.9 Å². The molecule has 2 amide bonds. The maximum absolute atomic E-state index is 12.8. The Balaban J connectivity index is 1.43. The van der Waals surface area contributed by atoms with E-state index in [9.17, 15) is 9.59 Å². The molecule has 0 radical (unpaired) electrons. The fraction of sp³-hybridized carbons (Fsp3) is 0.0769. The summed E-state index contributed by atoms with van der Waals surface area (Å²) in [5.74, 6) is -0.145. The minimum absolute atomic E-state index is 0.00809. The molecule has 0 saturated heterocycles. The van der Waals surface area contributed by atoms with E-state index in [0.717, 1.165) is 22.0 Å². The van der Waals surface area contributed by atoms with Gasteiger partial charge in [-0.1, -0.05) is 66.7 Å². The maximum atomic E-state index is 12.8. The minimum Gasteiger partial charge on any atom is -0.322 e. The van der Waals surface area contributed by atoms with Crippen molar-refractivity contribution in [2.45, 2.75) is 6.42 Å². The lowest BCUT2D eigenvalue weighted by molar-refractivity contribution is -0.117. The van der Waals surface area contributed by atoms with E-state index >= 15 is 0 Å². The Morgan fingerprint density at radius 3 is 2.20 bits per heavy atom. The summed E-state index contributed by atoms with van der Waals surface area (Å²) in [7, 11) is 1.77. The van der Waals surface area contributed by atoms with Gasteiger partial charge in [0.25, 0.3) is 5.91 Å². The molecule has 0 atom stereocenters. The molecular weight excluding hydrogens is 372 g/mol. The summed E-state index contributed by atoms with van der Waals surface area (Å²) in [6.45, 7) is 0. The van der Waals surface area contributed by atoms with E-state index in [1.807, 2.05) is 97.1 Å². The van der Waals surface area contributed by atoms with Gasteiger partial charge in [0.1, 0.15) is 0 Å². The third-order valence-electron chi connectivity index (χ3n) is 5.12. The zero-order chi connectivity index (χ0) is 20.9. The monoisotopic (exact) mass is 394 g/mol. The number of nitrogens with zero attached hydrogens (tertiary/aromatic N) is 1. The van der Waals surface area contributed by atoms with Gasteiger partial charge in [0.05, 0.1) is 6.42 Å². The molecule has 0 aliphatic carbocycles. The van der Waals surface area contributed by atoms with Gasteiger partial charge in [-0.05, 0) is 46.7 Å². The Labute approximate surface area is 175 Å². The summed E-state index contributed by atoms with van der Waals surface area (Å²) in [6, 6.07) is 30.5. The number of hydrogen-bond donors (Lipinski definition) is 1. The lowest BCUT2D eigenvalue weighted by Crippen LogP contribution is -2.27. The third-order valence-corrected chi connectivity index (χ3v) is 5.12. The quantitative estimate of drug-likeness (QED) is 0.499. The molecule has 0 unspecified atom stereocenters. The SMILES string of the molecule is CN(C(=O)Cc1ccc(NC(=O)c2cccc3ccccc23)cc1)c1ccccc1. The normalized spacial score (nSPS) is 10.6. The lowest BCUT2D eigenvalue weighted by Gasteiger charge is -2.17. The van der Waals surface area contributed by atoms with Crippen molar-refractivity contribution in [1.29, 1.82) is 0 Å². The number of nitrogens with one attached hydrogen (secondary N) is 1. The molecule has 0 spiro atoms. The summed E-state index contributed by atoms with van der Waals surface area (Å²) >= 11 is 0.